The van der Waals surface area contributed by atoms with E-state index >= 15 is 0 Å². The van der Waals surface area contributed by atoms with Crippen LogP contribution in [0.5, 0.6) is 0 Å². The highest BCUT2D eigenvalue weighted by Gasteiger charge is 2.33. The first-order chi connectivity index (χ1) is 8.02. The van der Waals surface area contributed by atoms with Crippen LogP contribution in [0.3, 0.4) is 0 Å². The summed E-state index contributed by atoms with van der Waals surface area (Å²) in [6.07, 6.45) is -4.42. The third-order valence-corrected chi connectivity index (χ3v) is 2.46. The molecule has 0 aliphatic rings. The number of rotatable bonds is 2. The van der Waals surface area contributed by atoms with Crippen LogP contribution in [0.2, 0.25) is 0 Å². The molecule has 0 atom stereocenters. The highest BCUT2D eigenvalue weighted by atomic mass is 35.5. The maximum atomic E-state index is 12.7. The minimum absolute atomic E-state index is 0.0138. The van der Waals surface area contributed by atoms with Gasteiger partial charge in [-0.25, -0.2) is 0 Å². The monoisotopic (exact) mass is 261 g/mol. The van der Waals surface area contributed by atoms with Gasteiger partial charge in [0, 0.05) is 11.6 Å². The van der Waals surface area contributed by atoms with Crippen molar-refractivity contribution in [3.63, 3.8) is 0 Å². The molecule has 2 nitrogen and oxygen atoms in total. The van der Waals surface area contributed by atoms with Gasteiger partial charge in [-0.15, -0.1) is 11.6 Å². The summed E-state index contributed by atoms with van der Waals surface area (Å²) in [5, 5.41) is 3.57. The van der Waals surface area contributed by atoms with E-state index in [1.165, 1.54) is 24.3 Å². The fourth-order valence-corrected chi connectivity index (χ4v) is 1.58. The van der Waals surface area contributed by atoms with Crippen molar-refractivity contribution in [1.29, 1.82) is 0 Å². The molecule has 90 valence electrons. The molecule has 0 bridgehead atoms. The van der Waals surface area contributed by atoms with Gasteiger partial charge in [-0.3, -0.25) is 0 Å². The number of nitrogens with zero attached hydrogens (tertiary/aromatic N) is 1. The van der Waals surface area contributed by atoms with Gasteiger partial charge in [-0.2, -0.15) is 13.2 Å². The average Bonchev–Trinajstić information content (AvgIpc) is 2.76. The van der Waals surface area contributed by atoms with Crippen molar-refractivity contribution in [3.8, 4) is 11.3 Å². The van der Waals surface area contributed by atoms with E-state index in [0.29, 0.717) is 5.76 Å². The lowest BCUT2D eigenvalue weighted by atomic mass is 10.0. The van der Waals surface area contributed by atoms with E-state index in [2.05, 4.69) is 5.16 Å². The summed E-state index contributed by atoms with van der Waals surface area (Å²) >= 11 is 5.50. The molecule has 1 heterocycles. The maximum absolute atomic E-state index is 12.7. The van der Waals surface area contributed by atoms with Crippen molar-refractivity contribution in [1.82, 2.24) is 5.16 Å². The quantitative estimate of drug-likeness (QED) is 0.761. The molecular formula is C11H7ClF3NO. The number of aromatic nitrogens is 1. The van der Waals surface area contributed by atoms with E-state index in [4.69, 9.17) is 16.1 Å². The maximum Gasteiger partial charge on any atom is 0.417 e. The number of hydrogen-bond donors (Lipinski definition) is 0. The van der Waals surface area contributed by atoms with E-state index in [9.17, 15) is 13.2 Å². The molecule has 1 aromatic heterocycles. The van der Waals surface area contributed by atoms with Crippen LogP contribution in [0, 0.1) is 0 Å². The molecule has 2 aromatic rings. The Morgan fingerprint density at radius 1 is 1.24 bits per heavy atom. The molecule has 0 N–H and O–H groups in total. The lowest BCUT2D eigenvalue weighted by Gasteiger charge is -2.10. The molecular weight excluding hydrogens is 255 g/mol. The molecule has 0 amide bonds. The Hall–Kier alpha value is -1.49. The van der Waals surface area contributed by atoms with Gasteiger partial charge in [0.25, 0.3) is 0 Å². The zero-order chi connectivity index (χ0) is 12.5. The van der Waals surface area contributed by atoms with Crippen LogP contribution in [0.1, 0.15) is 11.3 Å². The largest absolute Gasteiger partial charge is 0.417 e. The molecule has 0 saturated heterocycles. The fraction of sp³-hybridized carbons (Fsp3) is 0.182. The molecule has 2 rings (SSSR count). The first-order valence-corrected chi connectivity index (χ1v) is 5.24. The van der Waals surface area contributed by atoms with Gasteiger partial charge in [0.15, 0.2) is 5.76 Å². The Balaban J connectivity index is 2.52. The molecule has 0 fully saturated rings. The van der Waals surface area contributed by atoms with Crippen LogP contribution in [-0.2, 0) is 12.1 Å². The van der Waals surface area contributed by atoms with Crippen LogP contribution >= 0.6 is 11.6 Å². The average molecular weight is 262 g/mol. The number of halogens is 4. The Morgan fingerprint density at radius 3 is 2.53 bits per heavy atom. The molecule has 0 saturated carbocycles. The van der Waals surface area contributed by atoms with Crippen molar-refractivity contribution < 1.29 is 17.7 Å². The predicted molar refractivity (Wildman–Crippen MR) is 56.5 cm³/mol. The number of hydrogen-bond acceptors (Lipinski definition) is 2. The summed E-state index contributed by atoms with van der Waals surface area (Å²) in [5.74, 6) is 0.403. The van der Waals surface area contributed by atoms with Crippen LogP contribution < -0.4 is 0 Å². The van der Waals surface area contributed by atoms with E-state index in [-0.39, 0.29) is 17.1 Å². The molecule has 6 heteroatoms. The minimum Gasteiger partial charge on any atom is -0.359 e. The smallest absolute Gasteiger partial charge is 0.359 e. The van der Waals surface area contributed by atoms with Gasteiger partial charge in [0.05, 0.1) is 11.4 Å². The topological polar surface area (TPSA) is 26.0 Å². The van der Waals surface area contributed by atoms with Crippen molar-refractivity contribution in [2.45, 2.75) is 12.1 Å². The van der Waals surface area contributed by atoms with Crippen molar-refractivity contribution in [3.05, 3.63) is 41.7 Å². The summed E-state index contributed by atoms with van der Waals surface area (Å²) in [6.45, 7) is 0. The molecule has 17 heavy (non-hydrogen) atoms. The highest BCUT2D eigenvalue weighted by molar-refractivity contribution is 6.16. The van der Waals surface area contributed by atoms with Gasteiger partial charge in [-0.05, 0) is 6.07 Å². The second-order valence-corrected chi connectivity index (χ2v) is 3.62. The Bertz CT molecular complexity index is 521. The summed E-state index contributed by atoms with van der Waals surface area (Å²) in [5.41, 5.74) is -0.622. The fourth-order valence-electron chi connectivity index (χ4n) is 1.46. The third-order valence-electron chi connectivity index (χ3n) is 2.20. The van der Waals surface area contributed by atoms with Gasteiger partial charge >= 0.3 is 6.18 Å². The Morgan fingerprint density at radius 2 is 1.94 bits per heavy atom. The van der Waals surface area contributed by atoms with Crippen molar-refractivity contribution in [2.24, 2.45) is 0 Å². The zero-order valence-corrected chi connectivity index (χ0v) is 9.22. The van der Waals surface area contributed by atoms with E-state index in [0.717, 1.165) is 6.07 Å². The lowest BCUT2D eigenvalue weighted by Crippen LogP contribution is -2.06. The summed E-state index contributed by atoms with van der Waals surface area (Å²) < 4.78 is 43.0. The highest BCUT2D eigenvalue weighted by Crippen LogP contribution is 2.36. The standard InChI is InChI=1S/C11H7ClF3NO/c12-6-7-5-10(16-17-7)8-3-1-2-4-9(8)11(13,14)15/h1-5H,6H2. The second-order valence-electron chi connectivity index (χ2n) is 3.36. The molecule has 1 aromatic carbocycles. The Kier molecular flexibility index (Phi) is 3.11. The minimum atomic E-state index is -4.42. The van der Waals surface area contributed by atoms with E-state index in [1.54, 1.807) is 0 Å². The van der Waals surface area contributed by atoms with Crippen LogP contribution in [0.15, 0.2) is 34.9 Å². The van der Waals surface area contributed by atoms with Gasteiger partial charge < -0.3 is 4.52 Å². The lowest BCUT2D eigenvalue weighted by molar-refractivity contribution is -0.137. The molecule has 0 radical (unpaired) electrons. The van der Waals surface area contributed by atoms with Gasteiger partial charge in [-0.1, -0.05) is 23.4 Å². The molecule has 0 spiro atoms. The molecule has 0 aliphatic heterocycles. The second kappa shape index (κ2) is 4.41. The molecule has 0 aliphatic carbocycles. The van der Waals surface area contributed by atoms with Gasteiger partial charge in [0.2, 0.25) is 0 Å². The first-order valence-electron chi connectivity index (χ1n) is 4.70. The number of alkyl halides is 4. The summed E-state index contributed by atoms with van der Waals surface area (Å²) in [4.78, 5) is 0. The SMILES string of the molecule is FC(F)(F)c1ccccc1-c1cc(CCl)on1. The van der Waals surface area contributed by atoms with Gasteiger partial charge in [0.1, 0.15) is 5.69 Å². The van der Waals surface area contributed by atoms with Crippen LogP contribution in [0.4, 0.5) is 13.2 Å². The van der Waals surface area contributed by atoms with Crippen molar-refractivity contribution in [2.75, 3.05) is 0 Å². The summed E-state index contributed by atoms with van der Waals surface area (Å²) in [6, 6.07) is 6.59. The van der Waals surface area contributed by atoms with Crippen molar-refractivity contribution >= 4 is 11.6 Å². The normalized spacial score (nSPS) is 11.8. The third kappa shape index (κ3) is 2.44. The van der Waals surface area contributed by atoms with E-state index in [1.807, 2.05) is 0 Å². The predicted octanol–water partition coefficient (Wildman–Crippen LogP) is 4.10. The van der Waals surface area contributed by atoms with Crippen LogP contribution in [0.25, 0.3) is 11.3 Å². The Labute approximate surface area is 100.0 Å². The van der Waals surface area contributed by atoms with Crippen LogP contribution in [-0.4, -0.2) is 5.16 Å². The molecule has 0 unspecified atom stereocenters. The number of benzene rings is 1. The zero-order valence-electron chi connectivity index (χ0n) is 8.46. The van der Waals surface area contributed by atoms with E-state index < -0.39 is 11.7 Å². The summed E-state index contributed by atoms with van der Waals surface area (Å²) in [7, 11) is 0. The first kappa shape index (κ1) is 12.0.